The zero-order valence-electron chi connectivity index (χ0n) is 15.1. The SMILES string of the molecule is O=C(CC[C@H]1NC(=O)N(CCc2ccccc2)C1=O)NCc1ccccc1. The molecule has 2 aromatic carbocycles. The molecule has 0 aromatic heterocycles. The summed E-state index contributed by atoms with van der Waals surface area (Å²) in [4.78, 5) is 37.7. The van der Waals surface area contributed by atoms with Gasteiger partial charge >= 0.3 is 6.03 Å². The molecule has 4 amide bonds. The van der Waals surface area contributed by atoms with E-state index in [0.29, 0.717) is 25.9 Å². The van der Waals surface area contributed by atoms with Gasteiger partial charge in [-0.05, 0) is 24.0 Å². The maximum atomic E-state index is 12.4. The predicted molar refractivity (Wildman–Crippen MR) is 102 cm³/mol. The van der Waals surface area contributed by atoms with Crippen LogP contribution in [0.2, 0.25) is 0 Å². The van der Waals surface area contributed by atoms with Crippen molar-refractivity contribution in [2.45, 2.75) is 31.8 Å². The fourth-order valence-electron chi connectivity index (χ4n) is 3.03. The Morgan fingerprint density at radius 1 is 0.963 bits per heavy atom. The van der Waals surface area contributed by atoms with E-state index in [1.807, 2.05) is 60.7 Å². The fraction of sp³-hybridized carbons (Fsp3) is 0.286. The minimum atomic E-state index is -0.629. The van der Waals surface area contributed by atoms with Crippen LogP contribution in [0.4, 0.5) is 4.79 Å². The Morgan fingerprint density at radius 3 is 2.26 bits per heavy atom. The molecule has 0 radical (unpaired) electrons. The van der Waals surface area contributed by atoms with E-state index in [1.165, 1.54) is 4.90 Å². The average molecular weight is 365 g/mol. The van der Waals surface area contributed by atoms with Crippen LogP contribution in [0.1, 0.15) is 24.0 Å². The van der Waals surface area contributed by atoms with Crippen LogP contribution in [0, 0.1) is 0 Å². The Balaban J connectivity index is 1.43. The van der Waals surface area contributed by atoms with Gasteiger partial charge in [0.15, 0.2) is 0 Å². The van der Waals surface area contributed by atoms with Crippen LogP contribution >= 0.6 is 0 Å². The molecule has 1 heterocycles. The lowest BCUT2D eigenvalue weighted by atomic mass is 10.1. The van der Waals surface area contributed by atoms with Gasteiger partial charge in [-0.25, -0.2) is 4.79 Å². The summed E-state index contributed by atoms with van der Waals surface area (Å²) in [5.74, 6) is -0.393. The van der Waals surface area contributed by atoms with Crippen LogP contribution < -0.4 is 10.6 Å². The highest BCUT2D eigenvalue weighted by atomic mass is 16.2. The molecule has 0 bridgehead atoms. The lowest BCUT2D eigenvalue weighted by Crippen LogP contribution is -2.33. The second-order valence-electron chi connectivity index (χ2n) is 6.53. The van der Waals surface area contributed by atoms with E-state index in [1.54, 1.807) is 0 Å². The number of urea groups is 1. The topological polar surface area (TPSA) is 78.5 Å². The van der Waals surface area contributed by atoms with Crippen LogP contribution in [-0.2, 0) is 22.6 Å². The lowest BCUT2D eigenvalue weighted by molar-refractivity contribution is -0.127. The second-order valence-corrected chi connectivity index (χ2v) is 6.53. The summed E-state index contributed by atoms with van der Waals surface area (Å²) < 4.78 is 0. The van der Waals surface area contributed by atoms with E-state index in [2.05, 4.69) is 10.6 Å². The maximum Gasteiger partial charge on any atom is 0.324 e. The lowest BCUT2D eigenvalue weighted by Gasteiger charge is -2.13. The number of nitrogens with zero attached hydrogens (tertiary/aromatic N) is 1. The molecule has 2 N–H and O–H groups in total. The second kappa shape index (κ2) is 8.98. The van der Waals surface area contributed by atoms with E-state index in [-0.39, 0.29) is 24.3 Å². The van der Waals surface area contributed by atoms with Crippen molar-refractivity contribution in [1.29, 1.82) is 0 Å². The monoisotopic (exact) mass is 365 g/mol. The molecular weight excluding hydrogens is 342 g/mol. The number of benzene rings is 2. The highest BCUT2D eigenvalue weighted by Crippen LogP contribution is 2.13. The number of carbonyl (C=O) groups excluding carboxylic acids is 3. The van der Waals surface area contributed by atoms with Gasteiger partial charge in [0.1, 0.15) is 6.04 Å². The Kier molecular flexibility index (Phi) is 6.20. The molecule has 0 aliphatic carbocycles. The van der Waals surface area contributed by atoms with Gasteiger partial charge in [-0.2, -0.15) is 0 Å². The van der Waals surface area contributed by atoms with Crippen LogP contribution in [0.25, 0.3) is 0 Å². The number of carbonyl (C=O) groups is 3. The van der Waals surface area contributed by atoms with E-state index < -0.39 is 6.04 Å². The molecule has 1 aliphatic heterocycles. The minimum Gasteiger partial charge on any atom is -0.352 e. The van der Waals surface area contributed by atoms with Gasteiger partial charge in [0.25, 0.3) is 5.91 Å². The van der Waals surface area contributed by atoms with Gasteiger partial charge in [0.05, 0.1) is 0 Å². The van der Waals surface area contributed by atoms with Gasteiger partial charge in [0.2, 0.25) is 5.91 Å². The summed E-state index contributed by atoms with van der Waals surface area (Å²) in [6.07, 6.45) is 1.10. The van der Waals surface area contributed by atoms with Gasteiger partial charge in [-0.3, -0.25) is 14.5 Å². The number of rotatable bonds is 8. The molecule has 6 nitrogen and oxygen atoms in total. The third-order valence-electron chi connectivity index (χ3n) is 4.57. The van der Waals surface area contributed by atoms with Crippen molar-refractivity contribution in [3.63, 3.8) is 0 Å². The first-order valence-corrected chi connectivity index (χ1v) is 9.10. The molecule has 140 valence electrons. The predicted octanol–water partition coefficient (Wildman–Crippen LogP) is 2.25. The van der Waals surface area contributed by atoms with E-state index in [4.69, 9.17) is 0 Å². The van der Waals surface area contributed by atoms with Crippen molar-refractivity contribution in [1.82, 2.24) is 15.5 Å². The van der Waals surface area contributed by atoms with Crippen molar-refractivity contribution < 1.29 is 14.4 Å². The van der Waals surface area contributed by atoms with E-state index >= 15 is 0 Å². The number of imide groups is 1. The Morgan fingerprint density at radius 2 is 1.59 bits per heavy atom. The number of nitrogens with one attached hydrogen (secondary N) is 2. The van der Waals surface area contributed by atoms with Gasteiger partial charge in [-0.1, -0.05) is 60.7 Å². The molecule has 27 heavy (non-hydrogen) atoms. The molecule has 3 rings (SSSR count). The van der Waals surface area contributed by atoms with Crippen molar-refractivity contribution in [3.05, 3.63) is 71.8 Å². The molecule has 0 unspecified atom stereocenters. The minimum absolute atomic E-state index is 0.136. The van der Waals surface area contributed by atoms with Crippen molar-refractivity contribution in [2.24, 2.45) is 0 Å². The molecule has 1 aliphatic rings. The summed E-state index contributed by atoms with van der Waals surface area (Å²) in [7, 11) is 0. The normalized spacial score (nSPS) is 16.3. The van der Waals surface area contributed by atoms with Gasteiger partial charge < -0.3 is 10.6 Å². The van der Waals surface area contributed by atoms with Crippen molar-refractivity contribution in [3.8, 4) is 0 Å². The van der Waals surface area contributed by atoms with E-state index in [9.17, 15) is 14.4 Å². The molecule has 6 heteroatoms. The van der Waals surface area contributed by atoms with Gasteiger partial charge in [-0.15, -0.1) is 0 Å². The fourth-order valence-corrected chi connectivity index (χ4v) is 3.03. The molecule has 1 fully saturated rings. The molecule has 0 saturated carbocycles. The summed E-state index contributed by atoms with van der Waals surface area (Å²) in [5.41, 5.74) is 2.09. The average Bonchev–Trinajstić information content (AvgIpc) is 2.97. The highest BCUT2D eigenvalue weighted by Gasteiger charge is 2.37. The van der Waals surface area contributed by atoms with Gasteiger partial charge in [0, 0.05) is 19.5 Å². The highest BCUT2D eigenvalue weighted by molar-refractivity contribution is 6.04. The third-order valence-corrected chi connectivity index (χ3v) is 4.57. The molecule has 0 spiro atoms. The Labute approximate surface area is 158 Å². The number of hydrogen-bond acceptors (Lipinski definition) is 3. The quantitative estimate of drug-likeness (QED) is 0.704. The van der Waals surface area contributed by atoms with Crippen LogP contribution in [-0.4, -0.2) is 35.3 Å². The maximum absolute atomic E-state index is 12.4. The van der Waals surface area contributed by atoms with Crippen molar-refractivity contribution >= 4 is 17.8 Å². The van der Waals surface area contributed by atoms with Crippen LogP contribution in [0.15, 0.2) is 60.7 Å². The van der Waals surface area contributed by atoms with Crippen LogP contribution in [0.3, 0.4) is 0 Å². The molecule has 2 aromatic rings. The Bertz CT molecular complexity index is 793. The largest absolute Gasteiger partial charge is 0.352 e. The summed E-state index contributed by atoms with van der Waals surface area (Å²) in [6, 6.07) is 18.3. The first-order valence-electron chi connectivity index (χ1n) is 9.10. The third kappa shape index (κ3) is 5.17. The van der Waals surface area contributed by atoms with E-state index in [0.717, 1.165) is 11.1 Å². The van der Waals surface area contributed by atoms with Crippen molar-refractivity contribution in [2.75, 3.05) is 6.54 Å². The first-order chi connectivity index (χ1) is 13.1. The zero-order valence-corrected chi connectivity index (χ0v) is 15.1. The number of hydrogen-bond donors (Lipinski definition) is 2. The van der Waals surface area contributed by atoms with Crippen LogP contribution in [0.5, 0.6) is 0 Å². The smallest absolute Gasteiger partial charge is 0.324 e. The first kappa shape index (κ1) is 18.6. The summed E-state index contributed by atoms with van der Waals surface area (Å²) in [5, 5.41) is 5.51. The Hall–Kier alpha value is -3.15. The standard InChI is InChI=1S/C21H23N3O3/c25-19(22-15-17-9-5-2-6-10-17)12-11-18-20(26)24(21(27)23-18)14-13-16-7-3-1-4-8-16/h1-10,18H,11-15H2,(H,22,25)(H,23,27)/t18-/m1/s1. The molecular formula is C21H23N3O3. The summed E-state index contributed by atoms with van der Waals surface area (Å²) in [6.45, 7) is 0.791. The zero-order chi connectivity index (χ0) is 19.1. The molecule has 1 atom stereocenters. The number of amides is 4. The molecule has 1 saturated heterocycles. The summed E-state index contributed by atoms with van der Waals surface area (Å²) >= 11 is 0.